The zero-order chi connectivity index (χ0) is 25.7. The molecule has 0 saturated carbocycles. The average Bonchev–Trinajstić information content (AvgIpc) is 3.57. The van der Waals surface area contributed by atoms with Gasteiger partial charge in [0, 0.05) is 37.0 Å². The second-order valence-corrected chi connectivity index (χ2v) is 10.8. The van der Waals surface area contributed by atoms with E-state index in [-0.39, 0.29) is 30.7 Å². The summed E-state index contributed by atoms with van der Waals surface area (Å²) >= 11 is 0. The maximum atomic E-state index is 12.9. The van der Waals surface area contributed by atoms with E-state index in [0.29, 0.717) is 23.4 Å². The summed E-state index contributed by atoms with van der Waals surface area (Å²) in [6, 6.07) is 8.43. The predicted octanol–water partition coefficient (Wildman–Crippen LogP) is 2.39. The van der Waals surface area contributed by atoms with E-state index in [9.17, 15) is 15.2 Å². The Morgan fingerprint density at radius 1 is 1.30 bits per heavy atom. The van der Waals surface area contributed by atoms with Gasteiger partial charge in [-0.3, -0.25) is 4.79 Å². The van der Waals surface area contributed by atoms with E-state index in [0.717, 1.165) is 49.3 Å². The molecule has 7 rings (SSSR count). The lowest BCUT2D eigenvalue weighted by Gasteiger charge is -2.57. The van der Waals surface area contributed by atoms with E-state index in [1.807, 2.05) is 23.1 Å². The van der Waals surface area contributed by atoms with Gasteiger partial charge in [-0.25, -0.2) is 9.50 Å². The fourth-order valence-corrected chi connectivity index (χ4v) is 5.57. The number of aromatic nitrogens is 3. The Labute approximate surface area is 215 Å². The molecule has 3 atom stereocenters. The molecule has 10 nitrogen and oxygen atoms in total. The van der Waals surface area contributed by atoms with Crippen LogP contribution in [0.15, 0.2) is 36.8 Å². The van der Waals surface area contributed by atoms with E-state index in [1.165, 1.54) is 6.20 Å². The Bertz CT molecular complexity index is 1350. The zero-order valence-corrected chi connectivity index (χ0v) is 21.0. The second kappa shape index (κ2) is 9.01. The number of carbonyl (C=O) groups excluding carboxylic acids is 1. The van der Waals surface area contributed by atoms with Gasteiger partial charge in [-0.1, -0.05) is 0 Å². The van der Waals surface area contributed by atoms with Crippen molar-refractivity contribution < 1.29 is 19.4 Å². The molecule has 3 aromatic heterocycles. The number of pyridine rings is 2. The van der Waals surface area contributed by atoms with Gasteiger partial charge < -0.3 is 24.4 Å². The summed E-state index contributed by atoms with van der Waals surface area (Å²) < 4.78 is 13.1. The highest BCUT2D eigenvalue weighted by Crippen LogP contribution is 2.37. The number of hydrogen-bond acceptors (Lipinski definition) is 8. The van der Waals surface area contributed by atoms with E-state index in [2.05, 4.69) is 16.1 Å². The Morgan fingerprint density at radius 3 is 2.76 bits per heavy atom. The number of aliphatic hydroxyl groups is 1. The number of ether oxygens (including phenoxy) is 2. The van der Waals surface area contributed by atoms with E-state index >= 15 is 0 Å². The molecule has 1 N–H and O–H groups in total. The molecule has 4 fully saturated rings. The molecule has 0 aliphatic carbocycles. The van der Waals surface area contributed by atoms with E-state index in [4.69, 9.17) is 14.5 Å². The number of carbonyl (C=O) groups is 1. The van der Waals surface area contributed by atoms with Crippen molar-refractivity contribution in [2.75, 3.05) is 31.2 Å². The largest absolute Gasteiger partial charge is 0.489 e. The Morgan fingerprint density at radius 2 is 2.11 bits per heavy atom. The normalized spacial score (nSPS) is 23.1. The first kappa shape index (κ1) is 23.7. The third-order valence-corrected chi connectivity index (χ3v) is 7.33. The Kier molecular flexibility index (Phi) is 5.77. The maximum absolute atomic E-state index is 12.9. The van der Waals surface area contributed by atoms with Crippen molar-refractivity contribution in [2.45, 2.75) is 56.9 Å². The van der Waals surface area contributed by atoms with Crippen LogP contribution in [0.4, 0.5) is 5.82 Å². The van der Waals surface area contributed by atoms with Gasteiger partial charge in [0.25, 0.3) is 5.91 Å². The molecule has 10 heteroatoms. The molecule has 3 aromatic rings. The molecule has 4 aliphatic rings. The third-order valence-electron chi connectivity index (χ3n) is 7.33. The summed E-state index contributed by atoms with van der Waals surface area (Å²) in [6.45, 7) is 5.67. The number of piperidine rings is 1. The van der Waals surface area contributed by atoms with Crippen LogP contribution in [-0.4, -0.2) is 80.6 Å². The molecule has 2 bridgehead atoms. The van der Waals surface area contributed by atoms with Crippen molar-refractivity contribution in [1.82, 2.24) is 19.5 Å². The molecule has 0 radical (unpaired) electrons. The number of anilines is 1. The number of fused-ring (bicyclic) bond motifs is 3. The smallest absolute Gasteiger partial charge is 0.252 e. The summed E-state index contributed by atoms with van der Waals surface area (Å²) in [7, 11) is 0. The molecular formula is C27H30N6O4. The number of hydrogen-bond donors (Lipinski definition) is 1. The van der Waals surface area contributed by atoms with E-state index in [1.54, 1.807) is 30.8 Å². The fraction of sp³-hybridized carbons (Fsp3) is 0.481. The highest BCUT2D eigenvalue weighted by Gasteiger charge is 2.49. The zero-order valence-electron chi connectivity index (χ0n) is 21.0. The molecule has 4 saturated heterocycles. The van der Waals surface area contributed by atoms with Gasteiger partial charge in [0.1, 0.15) is 30.3 Å². The molecule has 7 heterocycles. The SMILES string of the molecule is CC(C)(O)COc1cc(-c2ccc(N3CC4CC(C3)N4C(=O)C3CCCO3)nc2)c2c(C#N)cnn2c1. The Balaban J connectivity index is 1.23. The lowest BCUT2D eigenvalue weighted by atomic mass is 9.86. The standard InChI is InChI=1S/C27H30N6O4/c1-27(2,35)16-37-21-9-22(25-18(10-28)12-30-32(25)15-21)17-5-6-24(29-11-17)31-13-19-8-20(14-31)33(19)26(34)23-4-3-7-36-23/h5-6,9,11-12,15,19-20,23,35H,3-4,7-8,13-14,16H2,1-2H3. The fourth-order valence-electron chi connectivity index (χ4n) is 5.57. The molecular weight excluding hydrogens is 472 g/mol. The van der Waals surface area contributed by atoms with Crippen molar-refractivity contribution in [1.29, 1.82) is 5.26 Å². The van der Waals surface area contributed by atoms with Gasteiger partial charge in [0.05, 0.1) is 41.2 Å². The number of piperazine rings is 1. The quantitative estimate of drug-likeness (QED) is 0.546. The highest BCUT2D eigenvalue weighted by molar-refractivity contribution is 5.85. The minimum Gasteiger partial charge on any atom is -0.489 e. The van der Waals surface area contributed by atoms with Crippen molar-refractivity contribution in [2.24, 2.45) is 0 Å². The third kappa shape index (κ3) is 4.38. The molecule has 0 aromatic carbocycles. The highest BCUT2D eigenvalue weighted by atomic mass is 16.5. The number of amides is 1. The molecule has 4 aliphatic heterocycles. The van der Waals surface area contributed by atoms with Crippen LogP contribution in [0.5, 0.6) is 5.75 Å². The first-order valence-electron chi connectivity index (χ1n) is 12.7. The minimum atomic E-state index is -0.986. The van der Waals surface area contributed by atoms with Gasteiger partial charge in [-0.2, -0.15) is 10.4 Å². The molecule has 0 spiro atoms. The van der Waals surface area contributed by atoms with Crippen LogP contribution in [0, 0.1) is 11.3 Å². The monoisotopic (exact) mass is 502 g/mol. The predicted molar refractivity (Wildman–Crippen MR) is 135 cm³/mol. The molecule has 3 unspecified atom stereocenters. The van der Waals surface area contributed by atoms with Crippen LogP contribution in [0.1, 0.15) is 38.7 Å². The summed E-state index contributed by atoms with van der Waals surface area (Å²) in [5.41, 5.74) is 1.75. The van der Waals surface area contributed by atoms with Gasteiger partial charge in [-0.05, 0) is 51.3 Å². The minimum absolute atomic E-state index is 0.116. The molecule has 1 amide bonds. The summed E-state index contributed by atoms with van der Waals surface area (Å²) in [5.74, 6) is 1.54. The van der Waals surface area contributed by atoms with Crippen LogP contribution >= 0.6 is 0 Å². The lowest BCUT2D eigenvalue weighted by Crippen LogP contribution is -2.71. The topological polar surface area (TPSA) is 116 Å². The van der Waals surface area contributed by atoms with Gasteiger partial charge in [-0.15, -0.1) is 0 Å². The maximum Gasteiger partial charge on any atom is 0.252 e. The van der Waals surface area contributed by atoms with Crippen LogP contribution < -0.4 is 9.64 Å². The summed E-state index contributed by atoms with van der Waals surface area (Å²) in [4.78, 5) is 21.9. The number of rotatable bonds is 6. The van der Waals surface area contributed by atoms with Crippen molar-refractivity contribution in [3.05, 3.63) is 42.4 Å². The lowest BCUT2D eigenvalue weighted by molar-refractivity contribution is -0.156. The summed E-state index contributed by atoms with van der Waals surface area (Å²) in [6.07, 6.45) is 7.58. The second-order valence-electron chi connectivity index (χ2n) is 10.8. The van der Waals surface area contributed by atoms with Crippen LogP contribution in [0.2, 0.25) is 0 Å². The number of nitriles is 1. The average molecular weight is 503 g/mol. The van der Waals surface area contributed by atoms with Crippen LogP contribution in [0.3, 0.4) is 0 Å². The molecule has 192 valence electrons. The Hall–Kier alpha value is -3.68. The van der Waals surface area contributed by atoms with Crippen molar-refractivity contribution >= 4 is 17.2 Å². The van der Waals surface area contributed by atoms with Crippen molar-refractivity contribution in [3.63, 3.8) is 0 Å². The van der Waals surface area contributed by atoms with Gasteiger partial charge in [0.2, 0.25) is 0 Å². The molecule has 37 heavy (non-hydrogen) atoms. The van der Waals surface area contributed by atoms with Crippen LogP contribution in [0.25, 0.3) is 16.6 Å². The first-order valence-corrected chi connectivity index (χ1v) is 12.7. The van der Waals surface area contributed by atoms with Gasteiger partial charge >= 0.3 is 0 Å². The first-order chi connectivity index (χ1) is 17.8. The summed E-state index contributed by atoms with van der Waals surface area (Å²) in [5, 5.41) is 24.0. The van der Waals surface area contributed by atoms with Gasteiger partial charge in [0.15, 0.2) is 0 Å². The number of nitrogens with zero attached hydrogens (tertiary/aromatic N) is 6. The van der Waals surface area contributed by atoms with Crippen LogP contribution in [-0.2, 0) is 9.53 Å². The van der Waals surface area contributed by atoms with E-state index < -0.39 is 5.60 Å². The van der Waals surface area contributed by atoms with Crippen molar-refractivity contribution in [3.8, 4) is 22.9 Å².